The molecule has 0 aromatic heterocycles. The van der Waals surface area contributed by atoms with Gasteiger partial charge in [0.1, 0.15) is 0 Å². The van der Waals surface area contributed by atoms with Crippen LogP contribution in [0.25, 0.3) is 0 Å². The van der Waals surface area contributed by atoms with Gasteiger partial charge < -0.3 is 4.48 Å². The second-order valence-corrected chi connectivity index (χ2v) is 8.05. The van der Waals surface area contributed by atoms with E-state index in [9.17, 15) is 8.42 Å². The molecule has 4 nitrogen and oxygen atoms in total. The monoisotopic (exact) mass is 336 g/mol. The number of hydrogen-bond acceptors (Lipinski definition) is 2. The first kappa shape index (κ1) is 21.9. The maximum atomic E-state index is 10.6. The lowest BCUT2D eigenvalue weighted by atomic mass is 10.1. The van der Waals surface area contributed by atoms with Gasteiger partial charge in [-0.25, -0.2) is 0 Å². The van der Waals surface area contributed by atoms with Crippen molar-refractivity contribution in [1.29, 1.82) is 0 Å². The van der Waals surface area contributed by atoms with Gasteiger partial charge in [-0.05, 0) is 40.0 Å². The van der Waals surface area contributed by atoms with Gasteiger partial charge in [0.2, 0.25) is 0 Å². The largest absolute Gasteiger partial charge is 0.324 e. The molecule has 134 valence electrons. The lowest BCUT2D eigenvalue weighted by Gasteiger charge is -2.35. The van der Waals surface area contributed by atoms with Gasteiger partial charge in [0.05, 0.1) is 31.9 Å². The predicted octanol–water partition coefficient (Wildman–Crippen LogP) is 4.26. The Labute approximate surface area is 138 Å². The smallest absolute Gasteiger partial charge is 0.264 e. The summed E-state index contributed by atoms with van der Waals surface area (Å²) in [5, 5.41) is 0. The Morgan fingerprint density at radius 1 is 0.682 bits per heavy atom. The zero-order valence-electron chi connectivity index (χ0n) is 15.0. The maximum Gasteiger partial charge on any atom is 0.264 e. The molecule has 0 aliphatic heterocycles. The van der Waals surface area contributed by atoms with Crippen LogP contribution in [0, 0.1) is 0 Å². The zero-order valence-corrected chi connectivity index (χ0v) is 15.8. The Morgan fingerprint density at radius 3 is 1.41 bits per heavy atom. The summed E-state index contributed by atoms with van der Waals surface area (Å²) in [6.45, 7) is 12.0. The first-order valence-electron chi connectivity index (χ1n) is 9.19. The summed E-state index contributed by atoms with van der Waals surface area (Å²) < 4.78 is 31.0. The fourth-order valence-electron chi connectivity index (χ4n) is 3.11. The van der Waals surface area contributed by atoms with Gasteiger partial charge in [0, 0.05) is 0 Å². The van der Waals surface area contributed by atoms with Crippen molar-refractivity contribution in [3.8, 4) is 0 Å². The van der Waals surface area contributed by atoms with Crippen LogP contribution in [0.3, 0.4) is 0 Å². The Bertz CT molecular complexity index is 343. The van der Waals surface area contributed by atoms with Crippen LogP contribution in [-0.2, 0) is 10.1 Å². The quantitative estimate of drug-likeness (QED) is 0.276. The lowest BCUT2D eigenvalue weighted by Crippen LogP contribution is -2.48. The van der Waals surface area contributed by atoms with Gasteiger partial charge in [-0.1, -0.05) is 38.5 Å². The molecular weight excluding hydrogens is 298 g/mol. The van der Waals surface area contributed by atoms with E-state index in [1.165, 1.54) is 69.2 Å². The molecule has 0 aliphatic rings. The van der Waals surface area contributed by atoms with Crippen LogP contribution in [0.1, 0.15) is 78.6 Å². The summed E-state index contributed by atoms with van der Waals surface area (Å²) in [6.07, 6.45) is 10.3. The normalized spacial score (nSPS) is 12.7. The Morgan fingerprint density at radius 2 is 1.05 bits per heavy atom. The second-order valence-electron chi connectivity index (χ2n) is 6.48. The molecule has 0 spiro atoms. The molecule has 0 atom stereocenters. The Hall–Kier alpha value is -0.130. The summed E-state index contributed by atoms with van der Waals surface area (Å²) in [5.74, 6) is -0.0840. The molecule has 1 N–H and O–H groups in total. The van der Waals surface area contributed by atoms with E-state index in [1.807, 2.05) is 0 Å². The van der Waals surface area contributed by atoms with Crippen LogP contribution in [0.4, 0.5) is 0 Å². The van der Waals surface area contributed by atoms with E-state index in [0.29, 0.717) is 6.42 Å². The third kappa shape index (κ3) is 11.4. The van der Waals surface area contributed by atoms with E-state index in [0.717, 1.165) is 12.8 Å². The third-order valence-corrected chi connectivity index (χ3v) is 5.85. The predicted molar refractivity (Wildman–Crippen MR) is 94.7 cm³/mol. The molecule has 0 bridgehead atoms. The molecule has 0 aliphatic carbocycles. The van der Waals surface area contributed by atoms with E-state index in [4.69, 9.17) is 4.55 Å². The Kier molecular flexibility index (Phi) is 12.2. The van der Waals surface area contributed by atoms with Crippen LogP contribution >= 0.6 is 0 Å². The minimum Gasteiger partial charge on any atom is -0.324 e. The molecule has 0 amide bonds. The molecule has 0 heterocycles. The van der Waals surface area contributed by atoms with Gasteiger partial charge >= 0.3 is 0 Å². The van der Waals surface area contributed by atoms with Gasteiger partial charge in [-0.3, -0.25) is 4.55 Å². The number of hydrogen-bond donors (Lipinski definition) is 1. The highest BCUT2D eigenvalue weighted by Crippen LogP contribution is 2.13. The van der Waals surface area contributed by atoms with Gasteiger partial charge in [0.25, 0.3) is 10.1 Å². The molecule has 0 radical (unpaired) electrons. The molecule has 0 rings (SSSR count). The van der Waals surface area contributed by atoms with E-state index < -0.39 is 10.1 Å². The number of rotatable bonds is 15. The maximum absolute atomic E-state index is 10.6. The SMILES string of the molecule is CC[N+](CC)(CC)CCCCCCCCCCCS(=O)(=O)O. The fraction of sp³-hybridized carbons (Fsp3) is 1.00. The molecule has 0 unspecified atom stereocenters. The van der Waals surface area contributed by atoms with Crippen molar-refractivity contribution in [3.63, 3.8) is 0 Å². The minimum atomic E-state index is -3.75. The highest BCUT2D eigenvalue weighted by molar-refractivity contribution is 7.85. The van der Waals surface area contributed by atoms with Crippen molar-refractivity contribution in [2.24, 2.45) is 0 Å². The van der Waals surface area contributed by atoms with Crippen LogP contribution in [0.5, 0.6) is 0 Å². The summed E-state index contributed by atoms with van der Waals surface area (Å²) >= 11 is 0. The van der Waals surface area contributed by atoms with Gasteiger partial charge in [-0.2, -0.15) is 8.42 Å². The van der Waals surface area contributed by atoms with Crippen LogP contribution in [0.2, 0.25) is 0 Å². The van der Waals surface area contributed by atoms with Crippen molar-refractivity contribution in [2.75, 3.05) is 31.9 Å². The number of quaternary nitrogens is 1. The van der Waals surface area contributed by atoms with Crippen molar-refractivity contribution >= 4 is 10.1 Å². The average Bonchev–Trinajstić information content (AvgIpc) is 2.48. The topological polar surface area (TPSA) is 54.4 Å². The van der Waals surface area contributed by atoms with Crippen molar-refractivity contribution in [3.05, 3.63) is 0 Å². The zero-order chi connectivity index (χ0) is 16.9. The summed E-state index contributed by atoms with van der Waals surface area (Å²) in [5.41, 5.74) is 0. The molecule has 0 saturated heterocycles. The summed E-state index contributed by atoms with van der Waals surface area (Å²) in [6, 6.07) is 0. The number of unbranched alkanes of at least 4 members (excludes halogenated alkanes) is 8. The Balaban J connectivity index is 3.40. The van der Waals surface area contributed by atoms with Crippen LogP contribution in [-0.4, -0.2) is 49.4 Å². The van der Waals surface area contributed by atoms with E-state index in [2.05, 4.69) is 20.8 Å². The second kappa shape index (κ2) is 12.3. The van der Waals surface area contributed by atoms with Crippen molar-refractivity contribution in [1.82, 2.24) is 0 Å². The first-order chi connectivity index (χ1) is 10.4. The highest BCUT2D eigenvalue weighted by Gasteiger charge is 2.19. The molecule has 0 aromatic carbocycles. The molecule has 0 fully saturated rings. The molecule has 0 aromatic rings. The summed E-state index contributed by atoms with van der Waals surface area (Å²) in [4.78, 5) is 0. The molecule has 5 heteroatoms. The van der Waals surface area contributed by atoms with Gasteiger partial charge in [-0.15, -0.1) is 0 Å². The minimum absolute atomic E-state index is 0.0840. The van der Waals surface area contributed by atoms with Crippen LogP contribution < -0.4 is 0 Å². The van der Waals surface area contributed by atoms with E-state index in [1.54, 1.807) is 0 Å². The van der Waals surface area contributed by atoms with E-state index >= 15 is 0 Å². The fourth-order valence-corrected chi connectivity index (χ4v) is 3.68. The van der Waals surface area contributed by atoms with Crippen LogP contribution in [0.15, 0.2) is 0 Å². The summed E-state index contributed by atoms with van der Waals surface area (Å²) in [7, 11) is -3.75. The molecule has 0 saturated carbocycles. The van der Waals surface area contributed by atoms with Gasteiger partial charge in [0.15, 0.2) is 0 Å². The highest BCUT2D eigenvalue weighted by atomic mass is 32.2. The lowest BCUT2D eigenvalue weighted by molar-refractivity contribution is -0.923. The third-order valence-electron chi connectivity index (χ3n) is 5.05. The van der Waals surface area contributed by atoms with Crippen molar-refractivity contribution in [2.45, 2.75) is 78.6 Å². The molecular formula is C17H38NO3S+. The average molecular weight is 337 g/mol. The number of nitrogens with zero attached hydrogens (tertiary/aromatic N) is 1. The first-order valence-corrected chi connectivity index (χ1v) is 10.8. The van der Waals surface area contributed by atoms with Crippen molar-refractivity contribution < 1.29 is 17.5 Å². The van der Waals surface area contributed by atoms with E-state index in [-0.39, 0.29) is 5.75 Å². The molecule has 22 heavy (non-hydrogen) atoms. The standard InChI is InChI=1S/C17H37NO3S/c1-4-18(5-2,6-3)16-14-12-10-8-7-9-11-13-15-17-22(19,20)21/h4-17H2,1-3H3/p+1.